The Morgan fingerprint density at radius 2 is 2.26 bits per heavy atom. The molecule has 0 fully saturated rings. The first-order valence-corrected chi connectivity index (χ1v) is 6.03. The molecule has 1 aromatic carbocycles. The number of hydrogen-bond donors (Lipinski definition) is 3. The topological polar surface area (TPSA) is 90.9 Å². The van der Waals surface area contributed by atoms with Crippen LogP contribution >= 0.6 is 0 Å². The second-order valence-corrected chi connectivity index (χ2v) is 4.51. The summed E-state index contributed by atoms with van der Waals surface area (Å²) in [5.74, 6) is 0.595. The average molecular weight is 260 g/mol. The van der Waals surface area contributed by atoms with Gasteiger partial charge in [-0.1, -0.05) is 26.0 Å². The molecule has 0 saturated carbocycles. The van der Waals surface area contributed by atoms with Crippen molar-refractivity contribution in [3.05, 3.63) is 41.5 Å². The van der Waals surface area contributed by atoms with Crippen LogP contribution in [0, 0.1) is 0 Å². The lowest BCUT2D eigenvalue weighted by Gasteiger charge is -2.04. The van der Waals surface area contributed by atoms with Gasteiger partial charge < -0.3 is 10.4 Å². The van der Waals surface area contributed by atoms with Crippen LogP contribution in [0.3, 0.4) is 0 Å². The Bertz CT molecular complexity index is 578. The van der Waals surface area contributed by atoms with Crippen molar-refractivity contribution in [1.29, 1.82) is 0 Å². The molecule has 6 heteroatoms. The van der Waals surface area contributed by atoms with Gasteiger partial charge in [-0.25, -0.2) is 4.98 Å². The lowest BCUT2D eigenvalue weighted by molar-refractivity contribution is 0.101. The second-order valence-electron chi connectivity index (χ2n) is 4.51. The van der Waals surface area contributed by atoms with E-state index in [2.05, 4.69) is 20.5 Å². The predicted octanol–water partition coefficient (Wildman–Crippen LogP) is 1.67. The quantitative estimate of drug-likeness (QED) is 0.780. The number of anilines is 1. The first-order chi connectivity index (χ1) is 9.10. The third-order valence-corrected chi connectivity index (χ3v) is 2.62. The van der Waals surface area contributed by atoms with Gasteiger partial charge in [-0.05, 0) is 17.7 Å². The number of amides is 1. The zero-order valence-electron chi connectivity index (χ0n) is 10.8. The maximum Gasteiger partial charge on any atom is 0.295 e. The molecule has 1 amide bonds. The fraction of sp³-hybridized carbons (Fsp3) is 0.308. The first-order valence-electron chi connectivity index (χ1n) is 6.03. The fourth-order valence-electron chi connectivity index (χ4n) is 1.57. The van der Waals surface area contributed by atoms with Crippen LogP contribution < -0.4 is 5.32 Å². The van der Waals surface area contributed by atoms with E-state index in [-0.39, 0.29) is 24.3 Å². The summed E-state index contributed by atoms with van der Waals surface area (Å²) in [6.07, 6.45) is 0. The first kappa shape index (κ1) is 13.2. The van der Waals surface area contributed by atoms with Crippen molar-refractivity contribution in [3.8, 4) is 0 Å². The van der Waals surface area contributed by atoms with Gasteiger partial charge in [-0.15, -0.1) is 5.10 Å². The van der Waals surface area contributed by atoms with Crippen molar-refractivity contribution in [1.82, 2.24) is 15.2 Å². The second kappa shape index (κ2) is 5.62. The van der Waals surface area contributed by atoms with E-state index in [4.69, 9.17) is 5.11 Å². The number of aromatic amines is 1. The highest BCUT2D eigenvalue weighted by atomic mass is 16.3. The molecular weight excluding hydrogens is 244 g/mol. The number of aromatic nitrogens is 3. The minimum Gasteiger partial charge on any atom is -0.392 e. The predicted molar refractivity (Wildman–Crippen MR) is 70.8 cm³/mol. The van der Waals surface area contributed by atoms with Crippen LogP contribution in [0.2, 0.25) is 0 Å². The van der Waals surface area contributed by atoms with E-state index in [1.807, 2.05) is 13.8 Å². The molecule has 0 bridgehead atoms. The van der Waals surface area contributed by atoms with Crippen LogP contribution in [0.25, 0.3) is 0 Å². The molecule has 0 aliphatic heterocycles. The normalized spacial score (nSPS) is 10.7. The molecule has 100 valence electrons. The molecule has 0 radical (unpaired) electrons. The van der Waals surface area contributed by atoms with E-state index in [0.29, 0.717) is 11.5 Å². The molecule has 0 unspecified atom stereocenters. The van der Waals surface area contributed by atoms with Gasteiger partial charge in [0, 0.05) is 11.6 Å². The van der Waals surface area contributed by atoms with Gasteiger partial charge >= 0.3 is 0 Å². The minimum absolute atomic E-state index is 0.0676. The number of nitrogens with one attached hydrogen (secondary N) is 2. The third-order valence-electron chi connectivity index (χ3n) is 2.62. The molecule has 0 spiro atoms. The molecule has 1 heterocycles. The van der Waals surface area contributed by atoms with Crippen molar-refractivity contribution in [3.63, 3.8) is 0 Å². The number of carbonyl (C=O) groups excluding carboxylic acids is 1. The summed E-state index contributed by atoms with van der Waals surface area (Å²) in [5, 5.41) is 18.3. The number of rotatable bonds is 4. The van der Waals surface area contributed by atoms with Gasteiger partial charge in [0.05, 0.1) is 6.61 Å². The number of carbonyl (C=O) groups is 1. The van der Waals surface area contributed by atoms with Crippen molar-refractivity contribution in [2.45, 2.75) is 26.4 Å². The largest absolute Gasteiger partial charge is 0.392 e. The SMILES string of the molecule is CC(C)c1nc(C(=O)Nc2cccc(CO)c2)n[nH]1. The fourth-order valence-corrected chi connectivity index (χ4v) is 1.57. The molecule has 2 rings (SSSR count). The number of benzene rings is 1. The number of aliphatic hydroxyl groups is 1. The molecule has 1 aromatic heterocycles. The smallest absolute Gasteiger partial charge is 0.295 e. The molecule has 19 heavy (non-hydrogen) atoms. The maximum absolute atomic E-state index is 11.9. The highest BCUT2D eigenvalue weighted by Crippen LogP contribution is 2.12. The third kappa shape index (κ3) is 3.17. The molecule has 0 saturated heterocycles. The van der Waals surface area contributed by atoms with Gasteiger partial charge in [0.1, 0.15) is 5.82 Å². The van der Waals surface area contributed by atoms with Crippen LogP contribution in [0.15, 0.2) is 24.3 Å². The summed E-state index contributed by atoms with van der Waals surface area (Å²) in [6.45, 7) is 3.86. The van der Waals surface area contributed by atoms with Gasteiger partial charge in [0.25, 0.3) is 5.91 Å². The Hall–Kier alpha value is -2.21. The Kier molecular flexibility index (Phi) is 3.91. The summed E-state index contributed by atoms with van der Waals surface area (Å²) in [7, 11) is 0. The molecule has 6 nitrogen and oxygen atoms in total. The van der Waals surface area contributed by atoms with Crippen molar-refractivity contribution >= 4 is 11.6 Å². The van der Waals surface area contributed by atoms with Crippen molar-refractivity contribution < 1.29 is 9.90 Å². The molecule has 2 aromatic rings. The van der Waals surface area contributed by atoms with Crippen LogP contribution in [-0.2, 0) is 6.61 Å². The van der Waals surface area contributed by atoms with Gasteiger partial charge in [0.2, 0.25) is 5.82 Å². The molecular formula is C13H16N4O2. The van der Waals surface area contributed by atoms with Crippen LogP contribution in [-0.4, -0.2) is 26.2 Å². The van der Waals surface area contributed by atoms with Gasteiger partial charge in [-0.2, -0.15) is 0 Å². The zero-order valence-corrected chi connectivity index (χ0v) is 10.8. The highest BCUT2D eigenvalue weighted by molar-refractivity contribution is 6.01. The lowest BCUT2D eigenvalue weighted by Crippen LogP contribution is -2.14. The molecule has 0 atom stereocenters. The standard InChI is InChI=1S/C13H16N4O2/c1-8(2)11-15-12(17-16-11)13(19)14-10-5-3-4-9(6-10)7-18/h3-6,8,18H,7H2,1-2H3,(H,14,19)(H,15,16,17). The Morgan fingerprint density at radius 1 is 1.47 bits per heavy atom. The number of nitrogens with zero attached hydrogens (tertiary/aromatic N) is 2. The van der Waals surface area contributed by atoms with Crippen molar-refractivity contribution in [2.75, 3.05) is 5.32 Å². The van der Waals surface area contributed by atoms with E-state index in [1.54, 1.807) is 24.3 Å². The lowest BCUT2D eigenvalue weighted by atomic mass is 10.2. The Balaban J connectivity index is 2.11. The van der Waals surface area contributed by atoms with E-state index < -0.39 is 0 Å². The van der Waals surface area contributed by atoms with E-state index in [1.165, 1.54) is 0 Å². The number of H-pyrrole nitrogens is 1. The van der Waals surface area contributed by atoms with Crippen molar-refractivity contribution in [2.24, 2.45) is 0 Å². The van der Waals surface area contributed by atoms with Crippen LogP contribution in [0.5, 0.6) is 0 Å². The number of hydrogen-bond acceptors (Lipinski definition) is 4. The zero-order chi connectivity index (χ0) is 13.8. The van der Waals surface area contributed by atoms with Crippen LogP contribution in [0.4, 0.5) is 5.69 Å². The molecule has 0 aliphatic carbocycles. The summed E-state index contributed by atoms with van der Waals surface area (Å²) in [6, 6.07) is 6.99. The summed E-state index contributed by atoms with van der Waals surface area (Å²) in [5.41, 5.74) is 1.34. The summed E-state index contributed by atoms with van der Waals surface area (Å²) < 4.78 is 0. The minimum atomic E-state index is -0.377. The van der Waals surface area contributed by atoms with E-state index >= 15 is 0 Å². The van der Waals surface area contributed by atoms with Gasteiger partial charge in [0.15, 0.2) is 0 Å². The average Bonchev–Trinajstić information content (AvgIpc) is 2.89. The molecule has 3 N–H and O–H groups in total. The van der Waals surface area contributed by atoms with Crippen LogP contribution in [0.1, 0.15) is 41.8 Å². The van der Waals surface area contributed by atoms with E-state index in [9.17, 15) is 4.79 Å². The van der Waals surface area contributed by atoms with E-state index in [0.717, 1.165) is 5.56 Å². The highest BCUT2D eigenvalue weighted by Gasteiger charge is 2.14. The molecule has 0 aliphatic rings. The summed E-state index contributed by atoms with van der Waals surface area (Å²) in [4.78, 5) is 16.1. The van der Waals surface area contributed by atoms with Gasteiger partial charge in [-0.3, -0.25) is 9.89 Å². The summed E-state index contributed by atoms with van der Waals surface area (Å²) >= 11 is 0. The number of aliphatic hydroxyl groups excluding tert-OH is 1. The Labute approximate surface area is 110 Å². The monoisotopic (exact) mass is 260 g/mol. The Morgan fingerprint density at radius 3 is 2.89 bits per heavy atom. The maximum atomic E-state index is 11.9.